The molecule has 1 N–H and O–H groups in total. The molecule has 4 rings (SSSR count). The Bertz CT molecular complexity index is 1240. The van der Waals surface area contributed by atoms with Crippen molar-refractivity contribution in [3.8, 4) is 0 Å². The Morgan fingerprint density at radius 3 is 2.09 bits per heavy atom. The molecule has 0 radical (unpaired) electrons. The highest BCUT2D eigenvalue weighted by atomic mass is 16.6. The van der Waals surface area contributed by atoms with E-state index in [1.165, 1.54) is 0 Å². The smallest absolute Gasteiger partial charge is 0.412 e. The summed E-state index contributed by atoms with van der Waals surface area (Å²) in [7, 11) is 0. The molecular formula is C25H28N4O5. The van der Waals surface area contributed by atoms with Crippen LogP contribution in [-0.4, -0.2) is 64.6 Å². The van der Waals surface area contributed by atoms with Crippen molar-refractivity contribution in [3.05, 3.63) is 59.5 Å². The second-order valence-electron chi connectivity index (χ2n) is 9.29. The summed E-state index contributed by atoms with van der Waals surface area (Å²) in [5.74, 6) is -0.277. The van der Waals surface area contributed by atoms with Crippen LogP contribution in [0.25, 0.3) is 10.8 Å². The van der Waals surface area contributed by atoms with Gasteiger partial charge in [0.05, 0.1) is 16.9 Å². The molecule has 9 heteroatoms. The van der Waals surface area contributed by atoms with Crippen LogP contribution in [0.5, 0.6) is 0 Å². The maximum atomic E-state index is 13.5. The molecule has 178 valence electrons. The summed E-state index contributed by atoms with van der Waals surface area (Å²) >= 11 is 0. The van der Waals surface area contributed by atoms with Gasteiger partial charge in [-0.1, -0.05) is 29.4 Å². The van der Waals surface area contributed by atoms with Crippen LogP contribution < -0.4 is 5.32 Å². The lowest BCUT2D eigenvalue weighted by Crippen LogP contribution is -2.50. The van der Waals surface area contributed by atoms with E-state index in [0.717, 1.165) is 10.8 Å². The molecule has 9 nitrogen and oxygen atoms in total. The maximum absolute atomic E-state index is 13.5. The Labute approximate surface area is 197 Å². The highest BCUT2D eigenvalue weighted by Crippen LogP contribution is 2.27. The number of hydrogen-bond donors (Lipinski definition) is 1. The summed E-state index contributed by atoms with van der Waals surface area (Å²) in [5.41, 5.74) is 0.720. The van der Waals surface area contributed by atoms with Gasteiger partial charge >= 0.3 is 6.09 Å². The van der Waals surface area contributed by atoms with Crippen LogP contribution in [0.1, 0.15) is 47.4 Å². The number of carbonyl (C=O) groups is 3. The number of rotatable bonds is 3. The zero-order valence-corrected chi connectivity index (χ0v) is 19.8. The van der Waals surface area contributed by atoms with Crippen molar-refractivity contribution in [3.63, 3.8) is 0 Å². The molecule has 0 aliphatic carbocycles. The van der Waals surface area contributed by atoms with Crippen LogP contribution >= 0.6 is 0 Å². The average molecular weight is 465 g/mol. The van der Waals surface area contributed by atoms with Crippen molar-refractivity contribution in [2.45, 2.75) is 33.3 Å². The fourth-order valence-electron chi connectivity index (χ4n) is 3.84. The molecule has 0 saturated carbocycles. The van der Waals surface area contributed by atoms with Crippen LogP contribution in [0.15, 0.2) is 47.0 Å². The minimum atomic E-state index is -0.671. The third-order valence-corrected chi connectivity index (χ3v) is 5.44. The van der Waals surface area contributed by atoms with Gasteiger partial charge in [-0.25, -0.2) is 4.79 Å². The van der Waals surface area contributed by atoms with Crippen LogP contribution in [0.3, 0.4) is 0 Å². The third kappa shape index (κ3) is 5.19. The van der Waals surface area contributed by atoms with Gasteiger partial charge < -0.3 is 19.1 Å². The lowest BCUT2D eigenvalue weighted by atomic mass is 10.0. The molecule has 1 fully saturated rings. The average Bonchev–Trinajstić information content (AvgIpc) is 3.22. The number of aryl methyl sites for hydroxylation is 1. The zero-order valence-electron chi connectivity index (χ0n) is 19.8. The second-order valence-corrected chi connectivity index (χ2v) is 9.29. The number of ether oxygens (including phenoxy) is 1. The van der Waals surface area contributed by atoms with Gasteiger partial charge in [-0.05, 0) is 50.6 Å². The monoisotopic (exact) mass is 464 g/mol. The Kier molecular flexibility index (Phi) is 6.28. The number of piperazine rings is 1. The number of carbonyl (C=O) groups excluding carboxylic acids is 3. The lowest BCUT2D eigenvalue weighted by molar-refractivity contribution is 0.0512. The Morgan fingerprint density at radius 1 is 0.941 bits per heavy atom. The van der Waals surface area contributed by atoms with Crippen molar-refractivity contribution in [2.75, 3.05) is 31.5 Å². The molecule has 1 aromatic heterocycles. The van der Waals surface area contributed by atoms with Crippen molar-refractivity contribution in [1.29, 1.82) is 0 Å². The number of benzene rings is 2. The zero-order chi connectivity index (χ0) is 24.5. The standard InChI is InChI=1S/C25H28N4O5/c1-16-13-21(34-27-16)23(31)29-11-9-28(10-12-29)22(30)19-14-17-7-5-6-8-18(17)15-20(19)26-24(32)33-25(2,3)4/h5-8,13-15H,9-12H2,1-4H3,(H,26,32). The van der Waals surface area contributed by atoms with E-state index < -0.39 is 11.7 Å². The molecule has 3 amide bonds. The Morgan fingerprint density at radius 2 is 1.53 bits per heavy atom. The summed E-state index contributed by atoms with van der Waals surface area (Å²) in [4.78, 5) is 41.9. The summed E-state index contributed by atoms with van der Waals surface area (Å²) in [6.07, 6.45) is -0.630. The van der Waals surface area contributed by atoms with Crippen molar-refractivity contribution in [2.24, 2.45) is 0 Å². The first-order valence-corrected chi connectivity index (χ1v) is 11.2. The van der Waals surface area contributed by atoms with Crippen LogP contribution in [-0.2, 0) is 4.74 Å². The van der Waals surface area contributed by atoms with Gasteiger partial charge in [0.2, 0.25) is 5.76 Å². The van der Waals surface area contributed by atoms with E-state index in [9.17, 15) is 14.4 Å². The summed E-state index contributed by atoms with van der Waals surface area (Å²) in [6, 6.07) is 12.8. The fraction of sp³-hybridized carbons (Fsp3) is 0.360. The predicted octanol–water partition coefficient (Wildman–Crippen LogP) is 4.08. The second kappa shape index (κ2) is 9.17. The molecule has 3 aromatic rings. The van der Waals surface area contributed by atoms with E-state index in [4.69, 9.17) is 9.26 Å². The van der Waals surface area contributed by atoms with Crippen molar-refractivity contribution >= 4 is 34.4 Å². The Balaban J connectivity index is 1.53. The largest absolute Gasteiger partial charge is 0.444 e. The summed E-state index contributed by atoms with van der Waals surface area (Å²) < 4.78 is 10.5. The van der Waals surface area contributed by atoms with Crippen LogP contribution in [0, 0.1) is 6.92 Å². The highest BCUT2D eigenvalue weighted by molar-refractivity contribution is 6.07. The number of hydrogen-bond acceptors (Lipinski definition) is 6. The molecule has 0 atom stereocenters. The van der Waals surface area contributed by atoms with E-state index >= 15 is 0 Å². The molecule has 0 unspecified atom stereocenters. The first-order valence-electron chi connectivity index (χ1n) is 11.2. The molecule has 0 spiro atoms. The molecular weight excluding hydrogens is 436 g/mol. The van der Waals surface area contributed by atoms with Crippen molar-refractivity contribution < 1.29 is 23.6 Å². The normalized spacial score (nSPS) is 14.2. The first kappa shape index (κ1) is 23.3. The Hall–Kier alpha value is -3.88. The maximum Gasteiger partial charge on any atom is 0.412 e. The van der Waals surface area contributed by atoms with E-state index in [1.54, 1.807) is 55.7 Å². The number of nitrogens with zero attached hydrogens (tertiary/aromatic N) is 3. The van der Waals surface area contributed by atoms with Gasteiger partial charge in [-0.15, -0.1) is 0 Å². The molecule has 34 heavy (non-hydrogen) atoms. The number of aromatic nitrogens is 1. The number of anilines is 1. The number of amides is 3. The van der Waals surface area contributed by atoms with E-state index in [0.29, 0.717) is 43.1 Å². The number of nitrogens with one attached hydrogen (secondary N) is 1. The molecule has 2 aromatic carbocycles. The third-order valence-electron chi connectivity index (χ3n) is 5.44. The van der Waals surface area contributed by atoms with Gasteiger partial charge in [0.1, 0.15) is 5.60 Å². The minimum absolute atomic E-state index is 0.190. The lowest BCUT2D eigenvalue weighted by Gasteiger charge is -2.34. The fourth-order valence-corrected chi connectivity index (χ4v) is 3.84. The quantitative estimate of drug-likeness (QED) is 0.626. The van der Waals surface area contributed by atoms with Gasteiger partial charge in [0, 0.05) is 32.2 Å². The molecule has 1 aliphatic rings. The van der Waals surface area contributed by atoms with Gasteiger partial charge in [0.15, 0.2) is 0 Å². The molecule has 1 aliphatic heterocycles. The molecule has 1 saturated heterocycles. The predicted molar refractivity (Wildman–Crippen MR) is 127 cm³/mol. The molecule has 2 heterocycles. The summed E-state index contributed by atoms with van der Waals surface area (Å²) in [5, 5.41) is 8.28. The SMILES string of the molecule is Cc1cc(C(=O)N2CCN(C(=O)c3cc4ccccc4cc3NC(=O)OC(C)(C)C)CC2)on1. The number of fused-ring (bicyclic) bond motifs is 1. The van der Waals surface area contributed by atoms with Gasteiger partial charge in [-0.2, -0.15) is 0 Å². The van der Waals surface area contributed by atoms with Crippen LogP contribution in [0.2, 0.25) is 0 Å². The first-order chi connectivity index (χ1) is 16.1. The van der Waals surface area contributed by atoms with Crippen LogP contribution in [0.4, 0.5) is 10.5 Å². The van der Waals surface area contributed by atoms with Gasteiger partial charge in [-0.3, -0.25) is 14.9 Å². The minimum Gasteiger partial charge on any atom is -0.444 e. The molecule has 0 bridgehead atoms. The van der Waals surface area contributed by atoms with Crippen molar-refractivity contribution in [1.82, 2.24) is 15.0 Å². The topological polar surface area (TPSA) is 105 Å². The van der Waals surface area contributed by atoms with E-state index in [1.807, 2.05) is 24.3 Å². The summed E-state index contributed by atoms with van der Waals surface area (Å²) in [6.45, 7) is 8.54. The van der Waals surface area contributed by atoms with E-state index in [-0.39, 0.29) is 17.6 Å². The highest BCUT2D eigenvalue weighted by Gasteiger charge is 2.29. The van der Waals surface area contributed by atoms with Gasteiger partial charge in [0.25, 0.3) is 11.8 Å². The van der Waals surface area contributed by atoms with E-state index in [2.05, 4.69) is 10.5 Å².